The summed E-state index contributed by atoms with van der Waals surface area (Å²) in [5, 5.41) is 12.1. The second-order valence-corrected chi connectivity index (χ2v) is 7.24. The van der Waals surface area contributed by atoms with Gasteiger partial charge in [0.05, 0.1) is 5.41 Å². The molecule has 2 aromatic carbocycles. The number of hydrogen-bond acceptors (Lipinski definition) is 4. The molecule has 2 N–H and O–H groups in total. The number of carbonyl (C=O) groups excluding carboxylic acids is 3. The minimum Gasteiger partial charge on any atom is -0.508 e. The Morgan fingerprint density at radius 1 is 1.11 bits per heavy atom. The lowest BCUT2D eigenvalue weighted by molar-refractivity contribution is -0.140. The summed E-state index contributed by atoms with van der Waals surface area (Å²) >= 11 is 0. The van der Waals surface area contributed by atoms with Crippen molar-refractivity contribution < 1.29 is 19.5 Å². The van der Waals surface area contributed by atoms with E-state index in [4.69, 9.17) is 0 Å². The Bertz CT molecular complexity index is 864. The average molecular weight is 380 g/mol. The van der Waals surface area contributed by atoms with E-state index in [0.29, 0.717) is 13.0 Å². The number of phenols is 1. The van der Waals surface area contributed by atoms with Crippen LogP contribution in [0.3, 0.4) is 0 Å². The molecular formula is C22H24N2O4. The van der Waals surface area contributed by atoms with E-state index in [1.807, 2.05) is 30.3 Å². The number of nitrogens with zero attached hydrogens (tertiary/aromatic N) is 1. The molecule has 2 aromatic rings. The van der Waals surface area contributed by atoms with Crippen molar-refractivity contribution in [2.75, 3.05) is 13.1 Å². The summed E-state index contributed by atoms with van der Waals surface area (Å²) in [7, 11) is 0. The van der Waals surface area contributed by atoms with Gasteiger partial charge in [-0.3, -0.25) is 19.3 Å². The Hall–Kier alpha value is -3.15. The summed E-state index contributed by atoms with van der Waals surface area (Å²) in [6, 6.07) is 16.1. The van der Waals surface area contributed by atoms with Crippen LogP contribution in [0.4, 0.5) is 0 Å². The fraction of sp³-hybridized carbons (Fsp3) is 0.318. The first-order chi connectivity index (χ1) is 13.4. The Morgan fingerprint density at radius 3 is 2.46 bits per heavy atom. The number of carbonyl (C=O) groups is 3. The summed E-state index contributed by atoms with van der Waals surface area (Å²) in [6.07, 6.45) is 0.843. The summed E-state index contributed by atoms with van der Waals surface area (Å²) in [4.78, 5) is 38.5. The molecule has 0 bridgehead atoms. The molecule has 3 amide bonds. The van der Waals surface area contributed by atoms with Gasteiger partial charge in [0.2, 0.25) is 17.7 Å². The van der Waals surface area contributed by atoms with Crippen molar-refractivity contribution in [1.82, 2.24) is 10.2 Å². The third kappa shape index (κ3) is 4.22. The SMILES string of the molecule is CC1(c2ccccc2)CC(=O)N(CCC(=O)NCCc2ccc(O)cc2)C1=O. The smallest absolute Gasteiger partial charge is 0.240 e. The van der Waals surface area contributed by atoms with Gasteiger partial charge in [-0.05, 0) is 36.6 Å². The first kappa shape index (κ1) is 19.6. The molecule has 0 spiro atoms. The van der Waals surface area contributed by atoms with Crippen molar-refractivity contribution in [3.05, 3.63) is 65.7 Å². The molecule has 28 heavy (non-hydrogen) atoms. The van der Waals surface area contributed by atoms with Gasteiger partial charge in [-0.15, -0.1) is 0 Å². The average Bonchev–Trinajstić information content (AvgIpc) is 2.92. The number of aromatic hydroxyl groups is 1. The van der Waals surface area contributed by atoms with Gasteiger partial charge in [-0.1, -0.05) is 42.5 Å². The number of phenolic OH excluding ortho intramolecular Hbond substituents is 1. The Morgan fingerprint density at radius 2 is 1.79 bits per heavy atom. The summed E-state index contributed by atoms with van der Waals surface area (Å²) in [5.41, 5.74) is 0.948. The minimum absolute atomic E-state index is 0.0813. The van der Waals surface area contributed by atoms with E-state index in [-0.39, 0.29) is 42.9 Å². The predicted octanol–water partition coefficient (Wildman–Crippen LogP) is 2.16. The van der Waals surface area contributed by atoms with Crippen LogP contribution in [0, 0.1) is 0 Å². The van der Waals surface area contributed by atoms with Gasteiger partial charge in [0.25, 0.3) is 0 Å². The number of rotatable bonds is 7. The Labute approximate surface area is 164 Å². The van der Waals surface area contributed by atoms with E-state index in [0.717, 1.165) is 11.1 Å². The van der Waals surface area contributed by atoms with Crippen molar-refractivity contribution in [3.63, 3.8) is 0 Å². The van der Waals surface area contributed by atoms with Crippen LogP contribution >= 0.6 is 0 Å². The van der Waals surface area contributed by atoms with Crippen LogP contribution in [-0.2, 0) is 26.2 Å². The van der Waals surface area contributed by atoms with Crippen LogP contribution in [0.1, 0.15) is 30.9 Å². The normalized spacial score (nSPS) is 19.1. The molecule has 0 aliphatic carbocycles. The maximum absolute atomic E-state index is 12.8. The molecule has 1 unspecified atom stereocenters. The molecule has 0 radical (unpaired) electrons. The Balaban J connectivity index is 1.50. The number of hydrogen-bond donors (Lipinski definition) is 2. The summed E-state index contributed by atoms with van der Waals surface area (Å²) in [6.45, 7) is 2.32. The van der Waals surface area contributed by atoms with Crippen LogP contribution in [0.5, 0.6) is 5.75 Å². The standard InChI is InChI=1S/C22H24N2O4/c1-22(17-5-3-2-4-6-17)15-20(27)24(21(22)28)14-12-19(26)23-13-11-16-7-9-18(25)10-8-16/h2-10,25H,11-15H2,1H3,(H,23,26). The third-order valence-electron chi connectivity index (χ3n) is 5.17. The van der Waals surface area contributed by atoms with Crippen LogP contribution < -0.4 is 5.32 Å². The molecular weight excluding hydrogens is 356 g/mol. The minimum atomic E-state index is -0.867. The highest BCUT2D eigenvalue weighted by molar-refractivity contribution is 6.09. The second kappa shape index (κ2) is 8.25. The van der Waals surface area contributed by atoms with Crippen LogP contribution in [0.25, 0.3) is 0 Å². The number of benzene rings is 2. The highest BCUT2D eigenvalue weighted by Crippen LogP contribution is 2.36. The van der Waals surface area contributed by atoms with Gasteiger partial charge in [0.15, 0.2) is 0 Å². The fourth-order valence-corrected chi connectivity index (χ4v) is 3.45. The van der Waals surface area contributed by atoms with Crippen molar-refractivity contribution >= 4 is 17.7 Å². The van der Waals surface area contributed by atoms with E-state index in [1.165, 1.54) is 4.90 Å². The molecule has 1 aliphatic heterocycles. The van der Waals surface area contributed by atoms with Crippen molar-refractivity contribution in [2.24, 2.45) is 0 Å². The van der Waals surface area contributed by atoms with E-state index in [1.54, 1.807) is 31.2 Å². The van der Waals surface area contributed by atoms with Gasteiger partial charge in [-0.2, -0.15) is 0 Å². The largest absolute Gasteiger partial charge is 0.508 e. The molecule has 1 fully saturated rings. The lowest BCUT2D eigenvalue weighted by Gasteiger charge is -2.22. The summed E-state index contributed by atoms with van der Waals surface area (Å²) in [5.74, 6) is -0.489. The molecule has 0 saturated carbocycles. The van der Waals surface area contributed by atoms with Crippen molar-refractivity contribution in [1.29, 1.82) is 0 Å². The van der Waals surface area contributed by atoms with E-state index >= 15 is 0 Å². The molecule has 6 nitrogen and oxygen atoms in total. The number of nitrogens with one attached hydrogen (secondary N) is 1. The Kier molecular flexibility index (Phi) is 5.78. The highest BCUT2D eigenvalue weighted by Gasteiger charge is 2.48. The molecule has 0 aromatic heterocycles. The van der Waals surface area contributed by atoms with Crippen LogP contribution in [-0.4, -0.2) is 40.8 Å². The lowest BCUT2D eigenvalue weighted by Crippen LogP contribution is -2.39. The van der Waals surface area contributed by atoms with E-state index < -0.39 is 5.41 Å². The first-order valence-corrected chi connectivity index (χ1v) is 9.35. The van der Waals surface area contributed by atoms with Crippen molar-refractivity contribution in [2.45, 2.75) is 31.6 Å². The molecule has 1 aliphatic rings. The zero-order valence-corrected chi connectivity index (χ0v) is 15.9. The summed E-state index contributed by atoms with van der Waals surface area (Å²) < 4.78 is 0. The topological polar surface area (TPSA) is 86.7 Å². The highest BCUT2D eigenvalue weighted by atomic mass is 16.3. The predicted molar refractivity (Wildman–Crippen MR) is 105 cm³/mol. The van der Waals surface area contributed by atoms with Gasteiger partial charge in [0, 0.05) is 25.9 Å². The number of amides is 3. The van der Waals surface area contributed by atoms with Gasteiger partial charge < -0.3 is 10.4 Å². The maximum atomic E-state index is 12.8. The first-order valence-electron chi connectivity index (χ1n) is 9.35. The van der Waals surface area contributed by atoms with Gasteiger partial charge in [-0.25, -0.2) is 0 Å². The van der Waals surface area contributed by atoms with Crippen LogP contribution in [0.15, 0.2) is 54.6 Å². The number of imide groups is 1. The van der Waals surface area contributed by atoms with Gasteiger partial charge in [0.1, 0.15) is 5.75 Å². The molecule has 146 valence electrons. The van der Waals surface area contributed by atoms with E-state index in [2.05, 4.69) is 5.32 Å². The zero-order chi connectivity index (χ0) is 20.1. The van der Waals surface area contributed by atoms with E-state index in [9.17, 15) is 19.5 Å². The molecule has 1 heterocycles. The van der Waals surface area contributed by atoms with Gasteiger partial charge >= 0.3 is 0 Å². The third-order valence-corrected chi connectivity index (χ3v) is 5.17. The maximum Gasteiger partial charge on any atom is 0.240 e. The quantitative estimate of drug-likeness (QED) is 0.721. The molecule has 1 atom stereocenters. The molecule has 3 rings (SSSR count). The lowest BCUT2D eigenvalue weighted by atomic mass is 9.81. The molecule has 6 heteroatoms. The molecule has 1 saturated heterocycles. The monoisotopic (exact) mass is 380 g/mol. The second-order valence-electron chi connectivity index (χ2n) is 7.24. The van der Waals surface area contributed by atoms with Crippen LogP contribution in [0.2, 0.25) is 0 Å². The zero-order valence-electron chi connectivity index (χ0n) is 15.9. The number of likely N-dealkylation sites (tertiary alicyclic amines) is 1. The van der Waals surface area contributed by atoms with Crippen molar-refractivity contribution in [3.8, 4) is 5.75 Å². The fourth-order valence-electron chi connectivity index (χ4n) is 3.45.